The molecule has 0 aliphatic heterocycles. The molecule has 0 aromatic carbocycles. The van der Waals surface area contributed by atoms with Gasteiger partial charge in [-0.25, -0.2) is 8.42 Å². The molecule has 4 heteroatoms. The van der Waals surface area contributed by atoms with Crippen molar-refractivity contribution in [3.63, 3.8) is 0 Å². The Hall–Kier alpha value is -0.900. The summed E-state index contributed by atoms with van der Waals surface area (Å²) in [6.45, 7) is 7.63. The number of allylic oxidation sites excluding steroid dienone is 3. The minimum atomic E-state index is -3.28. The van der Waals surface area contributed by atoms with Gasteiger partial charge in [0.05, 0.1) is 4.91 Å². The highest BCUT2D eigenvalue weighted by atomic mass is 32.2. The molecule has 19 heavy (non-hydrogen) atoms. The Labute approximate surface area is 117 Å². The van der Waals surface area contributed by atoms with Gasteiger partial charge in [0.2, 0.25) is 0 Å². The third-order valence-corrected chi connectivity index (χ3v) is 4.78. The van der Waals surface area contributed by atoms with Crippen molar-refractivity contribution in [1.29, 1.82) is 0 Å². The predicted molar refractivity (Wildman–Crippen MR) is 80.7 cm³/mol. The summed E-state index contributed by atoms with van der Waals surface area (Å²) in [7, 11) is -3.28. The van der Waals surface area contributed by atoms with E-state index in [0.29, 0.717) is 23.5 Å². The van der Waals surface area contributed by atoms with E-state index in [0.717, 1.165) is 25.5 Å². The van der Waals surface area contributed by atoms with E-state index >= 15 is 0 Å². The lowest BCUT2D eigenvalue weighted by Crippen LogP contribution is -2.08. The highest BCUT2D eigenvalue weighted by molar-refractivity contribution is 7.94. The molecule has 0 saturated carbocycles. The molecule has 0 aromatic heterocycles. The largest absolute Gasteiger partial charge is 0.298 e. The van der Waals surface area contributed by atoms with Gasteiger partial charge >= 0.3 is 0 Å². The molecule has 0 spiro atoms. The zero-order valence-corrected chi connectivity index (χ0v) is 13.5. The van der Waals surface area contributed by atoms with Gasteiger partial charge in [-0.1, -0.05) is 39.2 Å². The average Bonchev–Trinajstić information content (AvgIpc) is 2.33. The van der Waals surface area contributed by atoms with E-state index < -0.39 is 9.84 Å². The average molecular weight is 286 g/mol. The van der Waals surface area contributed by atoms with Gasteiger partial charge in [-0.3, -0.25) is 4.79 Å². The molecule has 0 radical (unpaired) electrons. The topological polar surface area (TPSA) is 51.2 Å². The maximum Gasteiger partial charge on any atom is 0.175 e. The van der Waals surface area contributed by atoms with Crippen molar-refractivity contribution >= 4 is 16.1 Å². The summed E-state index contributed by atoms with van der Waals surface area (Å²) in [6, 6.07) is 0. The first kappa shape index (κ1) is 18.1. The van der Waals surface area contributed by atoms with Gasteiger partial charge in [-0.2, -0.15) is 0 Å². The van der Waals surface area contributed by atoms with Crippen LogP contribution in [0.15, 0.2) is 22.1 Å². The molecule has 0 rings (SSSR count). The minimum absolute atomic E-state index is 0.265. The Balaban J connectivity index is 5.41. The summed E-state index contributed by atoms with van der Waals surface area (Å²) >= 11 is 0. The van der Waals surface area contributed by atoms with Crippen LogP contribution in [-0.2, 0) is 14.6 Å². The predicted octanol–water partition coefficient (Wildman–Crippen LogP) is 3.67. The van der Waals surface area contributed by atoms with Gasteiger partial charge in [-0.15, -0.1) is 0 Å². The van der Waals surface area contributed by atoms with Crippen LogP contribution in [-0.4, -0.2) is 21.0 Å². The molecule has 0 aliphatic carbocycles. The SMILES string of the molecule is CC=C(C(C)=C(C=O)CC(CC)CCC)S(C)(=O)=O. The van der Waals surface area contributed by atoms with Crippen LogP contribution >= 0.6 is 0 Å². The summed E-state index contributed by atoms with van der Waals surface area (Å²) < 4.78 is 23.4. The first-order valence-electron chi connectivity index (χ1n) is 6.83. The highest BCUT2D eigenvalue weighted by Crippen LogP contribution is 2.26. The zero-order chi connectivity index (χ0) is 15.1. The van der Waals surface area contributed by atoms with E-state index in [1.807, 2.05) is 0 Å². The lowest BCUT2D eigenvalue weighted by Gasteiger charge is -2.16. The lowest BCUT2D eigenvalue weighted by atomic mass is 9.91. The standard InChI is InChI=1S/C15H26O3S/c1-6-9-13(7-2)10-14(11-16)12(4)15(8-3)19(5,17)18/h8,11,13H,6-7,9-10H2,1-5H3. The number of hydrogen-bond donors (Lipinski definition) is 0. The number of rotatable bonds is 8. The Morgan fingerprint density at radius 1 is 1.26 bits per heavy atom. The third kappa shape index (κ3) is 5.72. The second-order valence-corrected chi connectivity index (χ2v) is 6.94. The van der Waals surface area contributed by atoms with Crippen LogP contribution < -0.4 is 0 Å². The number of carbonyl (C=O) groups is 1. The molecule has 3 nitrogen and oxygen atoms in total. The zero-order valence-electron chi connectivity index (χ0n) is 12.7. The van der Waals surface area contributed by atoms with Crippen LogP contribution in [0.4, 0.5) is 0 Å². The van der Waals surface area contributed by atoms with E-state index in [1.54, 1.807) is 19.9 Å². The van der Waals surface area contributed by atoms with Crippen molar-refractivity contribution < 1.29 is 13.2 Å². The Morgan fingerprint density at radius 3 is 2.16 bits per heavy atom. The van der Waals surface area contributed by atoms with Gasteiger partial charge in [-0.05, 0) is 37.3 Å². The number of hydrogen-bond acceptors (Lipinski definition) is 3. The Kier molecular flexibility index (Phi) is 7.91. The summed E-state index contributed by atoms with van der Waals surface area (Å²) in [4.78, 5) is 11.5. The van der Waals surface area contributed by atoms with Crippen LogP contribution in [0.5, 0.6) is 0 Å². The molecule has 0 aromatic rings. The fraction of sp³-hybridized carbons (Fsp3) is 0.667. The van der Waals surface area contributed by atoms with Gasteiger partial charge in [0.1, 0.15) is 6.29 Å². The summed E-state index contributed by atoms with van der Waals surface area (Å²) in [6.07, 6.45) is 7.35. The normalized spacial score (nSPS) is 15.9. The Morgan fingerprint density at radius 2 is 1.84 bits per heavy atom. The second-order valence-electron chi connectivity index (χ2n) is 4.96. The number of aldehydes is 1. The van der Waals surface area contributed by atoms with Crippen molar-refractivity contribution in [3.8, 4) is 0 Å². The van der Waals surface area contributed by atoms with Crippen LogP contribution in [0.25, 0.3) is 0 Å². The molecule has 1 atom stereocenters. The van der Waals surface area contributed by atoms with Crippen molar-refractivity contribution in [2.24, 2.45) is 5.92 Å². The van der Waals surface area contributed by atoms with E-state index in [-0.39, 0.29) is 4.91 Å². The molecule has 0 heterocycles. The summed E-state index contributed by atoms with van der Waals surface area (Å²) in [5.74, 6) is 0.442. The van der Waals surface area contributed by atoms with Crippen LogP contribution in [0.1, 0.15) is 53.4 Å². The monoisotopic (exact) mass is 286 g/mol. The van der Waals surface area contributed by atoms with E-state index in [9.17, 15) is 13.2 Å². The number of carbonyl (C=O) groups excluding carboxylic acids is 1. The van der Waals surface area contributed by atoms with E-state index in [4.69, 9.17) is 0 Å². The fourth-order valence-electron chi connectivity index (χ4n) is 2.33. The molecular weight excluding hydrogens is 260 g/mol. The molecule has 0 saturated heterocycles. The fourth-order valence-corrected chi connectivity index (χ4v) is 3.44. The molecule has 1 unspecified atom stereocenters. The first-order chi connectivity index (χ1) is 8.81. The van der Waals surface area contributed by atoms with Gasteiger partial charge < -0.3 is 0 Å². The maximum absolute atomic E-state index is 11.7. The van der Waals surface area contributed by atoms with Crippen LogP contribution in [0.3, 0.4) is 0 Å². The molecule has 0 bridgehead atoms. The minimum Gasteiger partial charge on any atom is -0.298 e. The molecule has 110 valence electrons. The smallest absolute Gasteiger partial charge is 0.175 e. The van der Waals surface area contributed by atoms with Crippen molar-refractivity contribution in [1.82, 2.24) is 0 Å². The third-order valence-electron chi connectivity index (χ3n) is 3.44. The van der Waals surface area contributed by atoms with Crippen LogP contribution in [0.2, 0.25) is 0 Å². The highest BCUT2D eigenvalue weighted by Gasteiger charge is 2.17. The van der Waals surface area contributed by atoms with Gasteiger partial charge in [0.15, 0.2) is 9.84 Å². The van der Waals surface area contributed by atoms with Crippen molar-refractivity contribution in [2.75, 3.05) is 6.26 Å². The first-order valence-corrected chi connectivity index (χ1v) is 8.72. The van der Waals surface area contributed by atoms with Crippen molar-refractivity contribution in [2.45, 2.75) is 53.4 Å². The van der Waals surface area contributed by atoms with Crippen LogP contribution in [0, 0.1) is 5.92 Å². The summed E-state index contributed by atoms with van der Waals surface area (Å²) in [5, 5.41) is 0. The van der Waals surface area contributed by atoms with Crippen molar-refractivity contribution in [3.05, 3.63) is 22.1 Å². The Bertz CT molecular complexity index is 456. The van der Waals surface area contributed by atoms with Gasteiger partial charge in [0, 0.05) is 6.26 Å². The molecule has 0 amide bonds. The number of sulfone groups is 1. The molecule has 0 aliphatic rings. The van der Waals surface area contributed by atoms with Gasteiger partial charge in [0.25, 0.3) is 0 Å². The molecule has 0 N–H and O–H groups in total. The summed E-state index contributed by atoms with van der Waals surface area (Å²) in [5.41, 5.74) is 1.20. The molecular formula is C15H26O3S. The van der Waals surface area contributed by atoms with E-state index in [1.165, 1.54) is 6.26 Å². The van der Waals surface area contributed by atoms with E-state index in [2.05, 4.69) is 13.8 Å². The maximum atomic E-state index is 11.7. The second kappa shape index (κ2) is 8.31. The lowest BCUT2D eigenvalue weighted by molar-refractivity contribution is -0.105. The molecule has 0 fully saturated rings. The quantitative estimate of drug-likeness (QED) is 0.388.